The predicted molar refractivity (Wildman–Crippen MR) is 64.2 cm³/mol. The van der Waals surface area contributed by atoms with Crippen molar-refractivity contribution in [3.8, 4) is 0 Å². The first-order chi connectivity index (χ1) is 6.76. The number of rotatable bonds is 5. The molecule has 0 fully saturated rings. The van der Waals surface area contributed by atoms with Gasteiger partial charge in [-0.05, 0) is 20.8 Å². The Morgan fingerprint density at radius 1 is 1.47 bits per heavy atom. The summed E-state index contributed by atoms with van der Waals surface area (Å²) >= 11 is 1.94. The number of aliphatic carboxylic acids is 1. The zero-order chi connectivity index (χ0) is 12.1. The highest BCUT2D eigenvalue weighted by Crippen LogP contribution is 2.06. The Bertz CT molecular complexity index is 237. The van der Waals surface area contributed by atoms with E-state index in [1.165, 1.54) is 0 Å². The van der Waals surface area contributed by atoms with Crippen LogP contribution in [-0.4, -0.2) is 39.7 Å². The summed E-state index contributed by atoms with van der Waals surface area (Å²) in [5.74, 6) is -1.41. The first-order valence-electron chi connectivity index (χ1n) is 4.50. The van der Waals surface area contributed by atoms with E-state index in [1.54, 1.807) is 20.8 Å². The Hall–Kier alpha value is -0.370. The molecule has 0 aromatic rings. The van der Waals surface area contributed by atoms with Gasteiger partial charge >= 0.3 is 11.9 Å². The van der Waals surface area contributed by atoms with Crippen LogP contribution in [0.3, 0.4) is 0 Å². The fourth-order valence-corrected chi connectivity index (χ4v) is 1.48. The van der Waals surface area contributed by atoms with Crippen molar-refractivity contribution < 1.29 is 19.4 Å². The lowest BCUT2D eigenvalue weighted by Gasteiger charge is -2.20. The summed E-state index contributed by atoms with van der Waals surface area (Å²) in [4.78, 5) is 21.8. The molecule has 0 aliphatic carbocycles. The lowest BCUT2D eigenvalue weighted by Crippen LogP contribution is -2.42. The van der Waals surface area contributed by atoms with E-state index in [1.807, 2.05) is 22.6 Å². The number of carbonyl (C=O) groups is 2. The van der Waals surface area contributed by atoms with Gasteiger partial charge in [0.25, 0.3) is 0 Å². The molecule has 0 aliphatic heterocycles. The number of halogens is 1. The molecule has 0 heterocycles. The molecule has 5 nitrogen and oxygen atoms in total. The van der Waals surface area contributed by atoms with Gasteiger partial charge in [0.15, 0.2) is 0 Å². The molecule has 88 valence electrons. The molecule has 0 bridgehead atoms. The molecule has 6 heteroatoms. The fraction of sp³-hybridized carbons (Fsp3) is 0.778. The van der Waals surface area contributed by atoms with Crippen LogP contribution >= 0.6 is 22.6 Å². The average Bonchev–Trinajstić information content (AvgIpc) is 2.01. The Morgan fingerprint density at radius 2 is 2.00 bits per heavy atom. The zero-order valence-electron chi connectivity index (χ0n) is 9.04. The van der Waals surface area contributed by atoms with Crippen molar-refractivity contribution >= 4 is 34.5 Å². The van der Waals surface area contributed by atoms with E-state index in [9.17, 15) is 9.59 Å². The average molecular weight is 329 g/mol. The maximum absolute atomic E-state index is 11.2. The van der Waals surface area contributed by atoms with Crippen LogP contribution in [0.4, 0.5) is 0 Å². The molecule has 0 amide bonds. The van der Waals surface area contributed by atoms with Crippen LogP contribution in [0.5, 0.6) is 0 Å². The lowest BCUT2D eigenvalue weighted by atomic mass is 10.2. The summed E-state index contributed by atoms with van der Waals surface area (Å²) in [6, 6.07) is -0.710. The smallest absolute Gasteiger partial charge is 0.321 e. The summed E-state index contributed by atoms with van der Waals surface area (Å²) in [5.41, 5.74) is -0.540. The van der Waals surface area contributed by atoms with E-state index >= 15 is 0 Å². The van der Waals surface area contributed by atoms with Crippen molar-refractivity contribution in [2.45, 2.75) is 32.4 Å². The number of esters is 1. The van der Waals surface area contributed by atoms with Gasteiger partial charge < -0.3 is 9.84 Å². The molecule has 1 atom stereocenters. The highest BCUT2D eigenvalue weighted by Gasteiger charge is 2.19. The van der Waals surface area contributed by atoms with Gasteiger partial charge in [-0.1, -0.05) is 22.6 Å². The summed E-state index contributed by atoms with van der Waals surface area (Å²) in [6.45, 7) is 5.20. The van der Waals surface area contributed by atoms with E-state index < -0.39 is 23.6 Å². The van der Waals surface area contributed by atoms with Crippen LogP contribution < -0.4 is 5.32 Å². The Labute approximate surface area is 103 Å². The highest BCUT2D eigenvalue weighted by molar-refractivity contribution is 14.1. The van der Waals surface area contributed by atoms with Gasteiger partial charge in [-0.2, -0.15) is 0 Å². The zero-order valence-corrected chi connectivity index (χ0v) is 11.2. The van der Waals surface area contributed by atoms with Gasteiger partial charge in [0.2, 0.25) is 0 Å². The quantitative estimate of drug-likeness (QED) is 0.443. The van der Waals surface area contributed by atoms with E-state index in [2.05, 4.69) is 5.32 Å². The summed E-state index contributed by atoms with van der Waals surface area (Å²) in [6.07, 6.45) is 0. The van der Waals surface area contributed by atoms with E-state index in [0.717, 1.165) is 0 Å². The molecule has 0 rings (SSSR count). The minimum Gasteiger partial charge on any atom is -0.480 e. The first-order valence-corrected chi connectivity index (χ1v) is 6.03. The highest BCUT2D eigenvalue weighted by atomic mass is 127. The van der Waals surface area contributed by atoms with Crippen molar-refractivity contribution in [2.24, 2.45) is 0 Å². The third kappa shape index (κ3) is 7.55. The van der Waals surface area contributed by atoms with Crippen molar-refractivity contribution in [3.63, 3.8) is 0 Å². The summed E-state index contributed by atoms with van der Waals surface area (Å²) < 4.78 is 5.41. The second kappa shape index (κ2) is 6.26. The maximum atomic E-state index is 11.2. The number of nitrogens with one attached hydrogen (secondary N) is 1. The maximum Gasteiger partial charge on any atom is 0.321 e. The number of hydrogen-bond donors (Lipinski definition) is 2. The molecule has 0 aromatic heterocycles. The van der Waals surface area contributed by atoms with Crippen LogP contribution in [0.2, 0.25) is 0 Å². The molecular weight excluding hydrogens is 313 g/mol. The molecule has 2 N–H and O–H groups in total. The molecule has 0 radical (unpaired) electrons. The largest absolute Gasteiger partial charge is 0.480 e. The monoisotopic (exact) mass is 329 g/mol. The van der Waals surface area contributed by atoms with Crippen LogP contribution in [0, 0.1) is 0 Å². The van der Waals surface area contributed by atoms with Gasteiger partial charge in [-0.15, -0.1) is 0 Å². The van der Waals surface area contributed by atoms with Crippen LogP contribution in [-0.2, 0) is 14.3 Å². The summed E-state index contributed by atoms with van der Waals surface area (Å²) in [7, 11) is 0. The standard InChI is InChI=1S/C9H16INO4/c1-9(2,3)15-7(12)5-11-6(4-10)8(13)14/h6,11H,4-5H2,1-3H3,(H,13,14)/t6-/m1/s1. The number of hydrogen-bond acceptors (Lipinski definition) is 4. The van der Waals surface area contributed by atoms with Gasteiger partial charge in [-0.3, -0.25) is 14.9 Å². The lowest BCUT2D eigenvalue weighted by molar-refractivity contribution is -0.153. The number of carboxylic acids is 1. The molecule has 0 saturated carbocycles. The molecule has 15 heavy (non-hydrogen) atoms. The molecule has 0 unspecified atom stereocenters. The SMILES string of the molecule is CC(C)(C)OC(=O)CN[C@H](CI)C(=O)O. The second-order valence-electron chi connectivity index (χ2n) is 4.01. The molecule has 0 saturated heterocycles. The number of alkyl halides is 1. The molecular formula is C9H16INO4. The second-order valence-corrected chi connectivity index (χ2v) is 4.89. The van der Waals surface area contributed by atoms with Crippen LogP contribution in [0.15, 0.2) is 0 Å². The number of carboxylic acid groups (broad SMARTS) is 1. The third-order valence-corrected chi connectivity index (χ3v) is 2.25. The van der Waals surface area contributed by atoms with Crippen molar-refractivity contribution in [3.05, 3.63) is 0 Å². The minimum atomic E-state index is -0.965. The summed E-state index contributed by atoms with van der Waals surface area (Å²) in [5, 5.41) is 11.3. The van der Waals surface area contributed by atoms with Gasteiger partial charge in [0.05, 0.1) is 6.54 Å². The Kier molecular flexibility index (Phi) is 6.11. The van der Waals surface area contributed by atoms with Crippen LogP contribution in [0.1, 0.15) is 20.8 Å². The van der Waals surface area contributed by atoms with Gasteiger partial charge in [-0.25, -0.2) is 0 Å². The van der Waals surface area contributed by atoms with Crippen LogP contribution in [0.25, 0.3) is 0 Å². The topological polar surface area (TPSA) is 75.6 Å². The Balaban J connectivity index is 3.94. The molecule has 0 aliphatic rings. The van der Waals surface area contributed by atoms with E-state index in [4.69, 9.17) is 9.84 Å². The van der Waals surface area contributed by atoms with Crippen molar-refractivity contribution in [1.29, 1.82) is 0 Å². The normalized spacial score (nSPS) is 13.3. The van der Waals surface area contributed by atoms with Crippen molar-refractivity contribution in [2.75, 3.05) is 11.0 Å². The predicted octanol–water partition coefficient (Wildman–Crippen LogP) is 0.806. The van der Waals surface area contributed by atoms with E-state index in [0.29, 0.717) is 4.43 Å². The van der Waals surface area contributed by atoms with Gasteiger partial charge in [0.1, 0.15) is 11.6 Å². The fourth-order valence-electron chi connectivity index (χ4n) is 0.792. The molecule has 0 spiro atoms. The number of ether oxygens (including phenoxy) is 1. The first kappa shape index (κ1) is 14.6. The minimum absolute atomic E-state index is 0.0861. The van der Waals surface area contributed by atoms with E-state index in [-0.39, 0.29) is 6.54 Å². The van der Waals surface area contributed by atoms with Crippen molar-refractivity contribution in [1.82, 2.24) is 5.32 Å². The van der Waals surface area contributed by atoms with Gasteiger partial charge in [0, 0.05) is 4.43 Å². The Morgan fingerprint density at radius 3 is 2.33 bits per heavy atom. The number of carbonyl (C=O) groups excluding carboxylic acids is 1. The third-order valence-electron chi connectivity index (χ3n) is 1.37. The molecule has 0 aromatic carbocycles.